The molecular weight excluding hydrogens is 298 g/mol. The van der Waals surface area contributed by atoms with Crippen molar-refractivity contribution in [1.82, 2.24) is 4.31 Å². The quantitative estimate of drug-likeness (QED) is 0.914. The third-order valence-corrected chi connectivity index (χ3v) is 6.36. The van der Waals surface area contributed by atoms with Crippen LogP contribution in [-0.2, 0) is 15.8 Å². The summed E-state index contributed by atoms with van der Waals surface area (Å²) in [6, 6.07) is 6.00. The predicted molar refractivity (Wildman–Crippen MR) is 79.5 cm³/mol. The van der Waals surface area contributed by atoms with Crippen LogP contribution in [0.1, 0.15) is 22.8 Å². The second-order valence-corrected chi connectivity index (χ2v) is 7.86. The fourth-order valence-corrected chi connectivity index (χ4v) is 5.16. The molecule has 2 rings (SSSR count). The van der Waals surface area contributed by atoms with Gasteiger partial charge in [-0.15, -0.1) is 0 Å². The maximum atomic E-state index is 12.4. The third-order valence-electron chi connectivity index (χ3n) is 3.21. The summed E-state index contributed by atoms with van der Waals surface area (Å²) in [4.78, 5) is 10.8. The molecule has 0 saturated carbocycles. The summed E-state index contributed by atoms with van der Waals surface area (Å²) in [5.41, 5.74) is 0.773. The van der Waals surface area contributed by atoms with Crippen LogP contribution >= 0.6 is 11.8 Å². The van der Waals surface area contributed by atoms with E-state index in [0.29, 0.717) is 12.1 Å². The number of nitrogens with zero attached hydrogens (tertiary/aromatic N) is 1. The Morgan fingerprint density at radius 3 is 2.60 bits per heavy atom. The van der Waals surface area contributed by atoms with E-state index < -0.39 is 16.0 Å². The van der Waals surface area contributed by atoms with Crippen molar-refractivity contribution in [2.45, 2.75) is 18.7 Å². The lowest BCUT2D eigenvalue weighted by Gasteiger charge is -2.32. The van der Waals surface area contributed by atoms with Crippen LogP contribution in [0.5, 0.6) is 0 Å². The molecule has 1 aliphatic heterocycles. The minimum Gasteiger partial charge on any atom is -0.478 e. The van der Waals surface area contributed by atoms with Crippen LogP contribution in [0.3, 0.4) is 0 Å². The number of aromatic carboxylic acids is 1. The third kappa shape index (κ3) is 3.53. The number of carboxylic acid groups (broad SMARTS) is 1. The van der Waals surface area contributed by atoms with E-state index in [2.05, 4.69) is 0 Å². The predicted octanol–water partition coefficient (Wildman–Crippen LogP) is 1.65. The Kier molecular flexibility index (Phi) is 4.72. The molecule has 1 aromatic rings. The highest BCUT2D eigenvalue weighted by Crippen LogP contribution is 2.22. The molecule has 20 heavy (non-hydrogen) atoms. The lowest BCUT2D eigenvalue weighted by molar-refractivity contribution is 0.0697. The van der Waals surface area contributed by atoms with E-state index in [1.807, 2.05) is 6.92 Å². The van der Waals surface area contributed by atoms with Crippen LogP contribution in [0.25, 0.3) is 0 Å². The van der Waals surface area contributed by atoms with Gasteiger partial charge in [-0.25, -0.2) is 13.2 Å². The number of benzene rings is 1. The molecule has 1 aromatic carbocycles. The summed E-state index contributed by atoms with van der Waals surface area (Å²) in [6.07, 6.45) is 0. The van der Waals surface area contributed by atoms with E-state index >= 15 is 0 Å². The molecule has 1 saturated heterocycles. The highest BCUT2D eigenvalue weighted by atomic mass is 32.2. The molecule has 1 unspecified atom stereocenters. The van der Waals surface area contributed by atoms with Gasteiger partial charge in [0.1, 0.15) is 0 Å². The van der Waals surface area contributed by atoms with Crippen molar-refractivity contribution in [2.24, 2.45) is 0 Å². The Morgan fingerprint density at radius 1 is 1.40 bits per heavy atom. The molecule has 0 bridgehead atoms. The van der Waals surface area contributed by atoms with Gasteiger partial charge in [-0.3, -0.25) is 0 Å². The van der Waals surface area contributed by atoms with E-state index in [1.165, 1.54) is 12.1 Å². The number of hydrogen-bond acceptors (Lipinski definition) is 4. The Hall–Kier alpha value is -1.05. The van der Waals surface area contributed by atoms with Gasteiger partial charge in [0.2, 0.25) is 10.0 Å². The van der Waals surface area contributed by atoms with Gasteiger partial charge in [-0.2, -0.15) is 16.1 Å². The van der Waals surface area contributed by atoms with E-state index in [9.17, 15) is 13.2 Å². The molecule has 1 fully saturated rings. The van der Waals surface area contributed by atoms with E-state index in [1.54, 1.807) is 28.2 Å². The fourth-order valence-electron chi connectivity index (χ4n) is 2.16. The van der Waals surface area contributed by atoms with Crippen LogP contribution in [0, 0.1) is 0 Å². The number of rotatable bonds is 4. The molecule has 0 aromatic heterocycles. The summed E-state index contributed by atoms with van der Waals surface area (Å²) >= 11 is 1.76. The van der Waals surface area contributed by atoms with Crippen LogP contribution in [-0.4, -0.2) is 47.9 Å². The van der Waals surface area contributed by atoms with Crippen LogP contribution in [0.4, 0.5) is 0 Å². The standard InChI is InChI=1S/C13H17NO4S2/c1-10-8-19-7-6-14(10)20(17,18)9-11-2-4-12(5-3-11)13(15)16/h2-5,10H,6-9H2,1H3,(H,15,16). The van der Waals surface area contributed by atoms with Crippen molar-refractivity contribution in [3.8, 4) is 0 Å². The summed E-state index contributed by atoms with van der Waals surface area (Å²) in [5, 5.41) is 8.82. The van der Waals surface area contributed by atoms with Crippen LogP contribution in [0.15, 0.2) is 24.3 Å². The average Bonchev–Trinajstić information content (AvgIpc) is 2.39. The lowest BCUT2D eigenvalue weighted by Crippen LogP contribution is -2.44. The zero-order valence-electron chi connectivity index (χ0n) is 11.2. The molecule has 0 amide bonds. The molecular formula is C13H17NO4S2. The lowest BCUT2D eigenvalue weighted by atomic mass is 10.1. The van der Waals surface area contributed by atoms with Gasteiger partial charge in [0.15, 0.2) is 0 Å². The van der Waals surface area contributed by atoms with Crippen LogP contribution in [0.2, 0.25) is 0 Å². The van der Waals surface area contributed by atoms with Crippen molar-refractivity contribution in [3.63, 3.8) is 0 Å². The van der Waals surface area contributed by atoms with Gasteiger partial charge in [-0.05, 0) is 24.6 Å². The van der Waals surface area contributed by atoms with Crippen molar-refractivity contribution >= 4 is 27.8 Å². The number of hydrogen-bond donors (Lipinski definition) is 1. The number of carbonyl (C=O) groups is 1. The highest BCUT2D eigenvalue weighted by molar-refractivity contribution is 7.99. The smallest absolute Gasteiger partial charge is 0.335 e. The molecule has 0 spiro atoms. The van der Waals surface area contributed by atoms with Gasteiger partial charge in [0, 0.05) is 24.1 Å². The maximum absolute atomic E-state index is 12.4. The van der Waals surface area contributed by atoms with Gasteiger partial charge in [0.25, 0.3) is 0 Å². The van der Waals surface area contributed by atoms with E-state index in [-0.39, 0.29) is 17.4 Å². The van der Waals surface area contributed by atoms with Crippen molar-refractivity contribution < 1.29 is 18.3 Å². The minimum atomic E-state index is -3.35. The Labute approximate surface area is 123 Å². The largest absolute Gasteiger partial charge is 0.478 e. The second-order valence-electron chi connectivity index (χ2n) is 4.79. The first-order chi connectivity index (χ1) is 9.40. The van der Waals surface area contributed by atoms with Gasteiger partial charge in [-0.1, -0.05) is 12.1 Å². The first-order valence-corrected chi connectivity index (χ1v) is 9.06. The first-order valence-electron chi connectivity index (χ1n) is 6.29. The maximum Gasteiger partial charge on any atom is 0.335 e. The Bertz CT molecular complexity index is 583. The number of thioether (sulfide) groups is 1. The van der Waals surface area contributed by atoms with E-state index in [0.717, 1.165) is 11.5 Å². The first kappa shape index (κ1) is 15.3. The molecule has 1 heterocycles. The molecule has 110 valence electrons. The molecule has 5 nitrogen and oxygen atoms in total. The Morgan fingerprint density at radius 2 is 2.05 bits per heavy atom. The molecule has 7 heteroatoms. The molecule has 1 N–H and O–H groups in total. The summed E-state index contributed by atoms with van der Waals surface area (Å²) in [7, 11) is -3.35. The summed E-state index contributed by atoms with van der Waals surface area (Å²) < 4.78 is 26.3. The topological polar surface area (TPSA) is 74.7 Å². The normalized spacial score (nSPS) is 20.8. The van der Waals surface area contributed by atoms with Crippen molar-refractivity contribution in [1.29, 1.82) is 0 Å². The van der Waals surface area contributed by atoms with Gasteiger partial charge < -0.3 is 5.11 Å². The monoisotopic (exact) mass is 315 g/mol. The minimum absolute atomic E-state index is 0.0112. The molecule has 1 aliphatic rings. The van der Waals surface area contributed by atoms with E-state index in [4.69, 9.17) is 5.11 Å². The average molecular weight is 315 g/mol. The SMILES string of the molecule is CC1CSCCN1S(=O)(=O)Cc1ccc(C(=O)O)cc1. The molecule has 0 radical (unpaired) electrons. The fraction of sp³-hybridized carbons (Fsp3) is 0.462. The Balaban J connectivity index is 2.13. The highest BCUT2D eigenvalue weighted by Gasteiger charge is 2.29. The zero-order valence-corrected chi connectivity index (χ0v) is 12.8. The van der Waals surface area contributed by atoms with Gasteiger partial charge in [0.05, 0.1) is 11.3 Å². The summed E-state index contributed by atoms with van der Waals surface area (Å²) in [6.45, 7) is 2.46. The number of carboxylic acids is 1. The van der Waals surface area contributed by atoms with Crippen LogP contribution < -0.4 is 0 Å². The van der Waals surface area contributed by atoms with Crippen molar-refractivity contribution in [2.75, 3.05) is 18.1 Å². The summed E-state index contributed by atoms with van der Waals surface area (Å²) in [5.74, 6) is 0.543. The molecule has 1 atom stereocenters. The van der Waals surface area contributed by atoms with Gasteiger partial charge >= 0.3 is 5.97 Å². The van der Waals surface area contributed by atoms with Crippen molar-refractivity contribution in [3.05, 3.63) is 35.4 Å². The second kappa shape index (κ2) is 6.15. The molecule has 0 aliphatic carbocycles. The zero-order chi connectivity index (χ0) is 14.8. The number of sulfonamides is 1.